The lowest BCUT2D eigenvalue weighted by Gasteiger charge is -2.47. The molecule has 4 aliphatic rings. The summed E-state index contributed by atoms with van der Waals surface area (Å²) in [4.78, 5) is 20.7. The molecular weight excluding hydrogens is 350 g/mol. The van der Waals surface area contributed by atoms with Gasteiger partial charge in [0.2, 0.25) is 5.29 Å². The lowest BCUT2D eigenvalue weighted by atomic mass is 9.57. The fourth-order valence-corrected chi connectivity index (χ4v) is 5.13. The zero-order chi connectivity index (χ0) is 18.3. The number of nitrogens with zero attached hydrogens (tertiary/aromatic N) is 1. The predicted molar refractivity (Wildman–Crippen MR) is 102 cm³/mol. The van der Waals surface area contributed by atoms with Crippen LogP contribution in [-0.4, -0.2) is 28.6 Å². The van der Waals surface area contributed by atoms with E-state index in [-0.39, 0.29) is 23.1 Å². The first kappa shape index (κ1) is 17.8. The first-order chi connectivity index (χ1) is 12.6. The lowest BCUT2D eigenvalue weighted by molar-refractivity contribution is -0.156. The summed E-state index contributed by atoms with van der Waals surface area (Å²) in [5.74, 6) is 1.04. The number of halogens is 1. The van der Waals surface area contributed by atoms with Gasteiger partial charge in [-0.2, -0.15) is 0 Å². The third-order valence-electron chi connectivity index (χ3n) is 6.31. The van der Waals surface area contributed by atoms with Crippen molar-refractivity contribution < 1.29 is 9.53 Å². The summed E-state index contributed by atoms with van der Waals surface area (Å²) in [6.07, 6.45) is 6.81. The highest BCUT2D eigenvalue weighted by atomic mass is 35.5. The number of hydrogen-bond donors (Lipinski definition) is 2. The number of hydrogen-bond acceptors (Lipinski definition) is 3. The van der Waals surface area contributed by atoms with Gasteiger partial charge >= 0.3 is 5.97 Å². The van der Waals surface area contributed by atoms with Crippen molar-refractivity contribution in [3.63, 3.8) is 0 Å². The number of carbonyl (C=O) groups excluding carboxylic acids is 1. The van der Waals surface area contributed by atoms with Crippen LogP contribution in [0.25, 0.3) is 0 Å². The molecule has 1 aromatic heterocycles. The van der Waals surface area contributed by atoms with Crippen LogP contribution >= 0.6 is 11.6 Å². The molecule has 1 heterocycles. The van der Waals surface area contributed by atoms with E-state index in [4.69, 9.17) is 21.7 Å². The Morgan fingerprint density at radius 1 is 1.19 bits per heavy atom. The van der Waals surface area contributed by atoms with Crippen LogP contribution < -0.4 is 0 Å². The number of H-pyrrole nitrogens is 1. The Labute approximate surface area is 159 Å². The summed E-state index contributed by atoms with van der Waals surface area (Å²) in [6, 6.07) is 4.15. The number of aromatic amines is 1. The van der Waals surface area contributed by atoms with Gasteiger partial charge in [0.1, 0.15) is 0 Å². The summed E-state index contributed by atoms with van der Waals surface area (Å²) in [6.45, 7) is 2.25. The topological polar surface area (TPSA) is 78.3 Å². The number of carbonyl (C=O) groups is 1. The quantitative estimate of drug-likeness (QED) is 0.344. The van der Waals surface area contributed by atoms with Crippen molar-refractivity contribution in [1.82, 2.24) is 4.98 Å². The highest BCUT2D eigenvalue weighted by Gasteiger charge is 2.50. The molecule has 2 atom stereocenters. The number of amidine groups is 1. The van der Waals surface area contributed by atoms with Crippen molar-refractivity contribution in [2.45, 2.75) is 51.4 Å². The first-order valence-corrected chi connectivity index (χ1v) is 10.1. The molecule has 0 spiro atoms. The molecule has 4 fully saturated rings. The van der Waals surface area contributed by atoms with Gasteiger partial charge in [-0.3, -0.25) is 10.2 Å². The van der Waals surface area contributed by atoms with E-state index < -0.39 is 0 Å². The van der Waals surface area contributed by atoms with Crippen molar-refractivity contribution in [2.24, 2.45) is 28.7 Å². The number of nitrogens with one attached hydrogen (secondary N) is 2. The molecule has 0 radical (unpaired) electrons. The number of rotatable bonds is 5. The molecule has 5 rings (SSSR count). The maximum Gasteiger partial charge on any atom is 0.309 e. The summed E-state index contributed by atoms with van der Waals surface area (Å²) in [5.41, 5.74) is 2.90. The Bertz CT molecular complexity index is 729. The number of esters is 1. The zero-order valence-corrected chi connectivity index (χ0v) is 15.9. The van der Waals surface area contributed by atoms with E-state index in [0.717, 1.165) is 37.1 Å². The van der Waals surface area contributed by atoms with E-state index in [2.05, 4.69) is 16.0 Å². The summed E-state index contributed by atoms with van der Waals surface area (Å²) in [5, 5.41) is 7.50. The zero-order valence-electron chi connectivity index (χ0n) is 15.1. The monoisotopic (exact) mass is 375 g/mol. The molecule has 2 N–H and O–H groups in total. The summed E-state index contributed by atoms with van der Waals surface area (Å²) in [7, 11) is 0. The molecule has 26 heavy (non-hydrogen) atoms. The molecule has 140 valence electrons. The van der Waals surface area contributed by atoms with Crippen LogP contribution in [0.1, 0.15) is 62.8 Å². The standard InChI is InChI=1S/C20H26ClN3O2/c1-2-26-19(25)17-13-7-5-12(6-8-13)16(17)18(24-20(21)22)15-10-9-14(23-15)11-3-4-11/h9-13,16-17,22-23H,2-8H2,1H3. The van der Waals surface area contributed by atoms with E-state index in [0.29, 0.717) is 24.4 Å². The third kappa shape index (κ3) is 3.34. The van der Waals surface area contributed by atoms with Gasteiger partial charge in [-0.15, -0.1) is 0 Å². The maximum atomic E-state index is 12.8. The Morgan fingerprint density at radius 3 is 2.42 bits per heavy atom. The normalized spacial score (nSPS) is 31.1. The molecule has 0 amide bonds. The second kappa shape index (κ2) is 7.18. The molecule has 0 aromatic carbocycles. The van der Waals surface area contributed by atoms with Gasteiger partial charge in [0.05, 0.1) is 23.9 Å². The number of aliphatic imine (C=N–C) groups is 1. The van der Waals surface area contributed by atoms with Gasteiger partial charge in [-0.25, -0.2) is 4.99 Å². The molecular formula is C20H26ClN3O2. The van der Waals surface area contributed by atoms with Crippen molar-refractivity contribution >= 4 is 28.6 Å². The molecule has 2 unspecified atom stereocenters. The fraction of sp³-hybridized carbons (Fsp3) is 0.650. The number of ether oxygens (including phenoxy) is 1. The molecule has 2 bridgehead atoms. The van der Waals surface area contributed by atoms with E-state index in [1.165, 1.54) is 18.5 Å². The minimum absolute atomic E-state index is 0.0219. The smallest absolute Gasteiger partial charge is 0.309 e. The van der Waals surface area contributed by atoms with E-state index in [9.17, 15) is 4.79 Å². The van der Waals surface area contributed by atoms with Gasteiger partial charge in [0.15, 0.2) is 0 Å². The molecule has 6 heteroatoms. The van der Waals surface area contributed by atoms with E-state index in [1.807, 2.05) is 13.0 Å². The van der Waals surface area contributed by atoms with Gasteiger partial charge in [-0.05, 0) is 86.9 Å². The summed E-state index contributed by atoms with van der Waals surface area (Å²) >= 11 is 5.88. The molecule has 4 saturated carbocycles. The molecule has 0 aliphatic heterocycles. The molecule has 0 saturated heterocycles. The minimum Gasteiger partial charge on any atom is -0.466 e. The average molecular weight is 376 g/mol. The molecule has 5 nitrogen and oxygen atoms in total. The minimum atomic E-state index is -0.230. The number of aromatic nitrogens is 1. The van der Waals surface area contributed by atoms with Crippen molar-refractivity contribution in [3.8, 4) is 0 Å². The highest BCUT2D eigenvalue weighted by molar-refractivity contribution is 6.64. The van der Waals surface area contributed by atoms with Crippen molar-refractivity contribution in [3.05, 3.63) is 23.5 Å². The molecule has 4 aliphatic carbocycles. The SMILES string of the molecule is CCOC(=O)C1C2CCC(CC2)C1C(=NC(=N)Cl)c1ccc(C2CC2)[nH]1. The first-order valence-electron chi connectivity index (χ1n) is 9.77. The summed E-state index contributed by atoms with van der Waals surface area (Å²) < 4.78 is 5.42. The highest BCUT2D eigenvalue weighted by Crippen LogP contribution is 2.51. The maximum absolute atomic E-state index is 12.8. The largest absolute Gasteiger partial charge is 0.466 e. The van der Waals surface area contributed by atoms with E-state index >= 15 is 0 Å². The van der Waals surface area contributed by atoms with Gasteiger partial charge < -0.3 is 9.72 Å². The van der Waals surface area contributed by atoms with Gasteiger partial charge in [-0.1, -0.05) is 0 Å². The Balaban J connectivity index is 1.72. The predicted octanol–water partition coefficient (Wildman–Crippen LogP) is 4.47. The van der Waals surface area contributed by atoms with Crippen LogP contribution in [0, 0.1) is 29.1 Å². The Hall–Kier alpha value is -1.62. The van der Waals surface area contributed by atoms with Crippen molar-refractivity contribution in [1.29, 1.82) is 5.41 Å². The second-order valence-corrected chi connectivity index (χ2v) is 8.23. The fourth-order valence-electron chi connectivity index (χ4n) is 5.03. The second-order valence-electron chi connectivity index (χ2n) is 7.87. The van der Waals surface area contributed by atoms with Crippen LogP contribution in [0.4, 0.5) is 0 Å². The number of fused-ring (bicyclic) bond motifs is 3. The van der Waals surface area contributed by atoms with Crippen LogP contribution in [0.2, 0.25) is 0 Å². The van der Waals surface area contributed by atoms with Crippen LogP contribution in [0.15, 0.2) is 17.1 Å². The van der Waals surface area contributed by atoms with Gasteiger partial charge in [0, 0.05) is 11.6 Å². The van der Waals surface area contributed by atoms with Crippen LogP contribution in [-0.2, 0) is 9.53 Å². The lowest BCUT2D eigenvalue weighted by Crippen LogP contribution is -2.48. The Kier molecular flexibility index (Phi) is 4.91. The third-order valence-corrected chi connectivity index (χ3v) is 6.40. The van der Waals surface area contributed by atoms with E-state index in [1.54, 1.807) is 0 Å². The Morgan fingerprint density at radius 2 is 1.85 bits per heavy atom. The van der Waals surface area contributed by atoms with Gasteiger partial charge in [0.25, 0.3) is 0 Å². The molecule has 1 aromatic rings. The average Bonchev–Trinajstić information content (AvgIpc) is 3.37. The van der Waals surface area contributed by atoms with Crippen LogP contribution in [0.5, 0.6) is 0 Å². The van der Waals surface area contributed by atoms with Crippen molar-refractivity contribution in [2.75, 3.05) is 6.61 Å². The van der Waals surface area contributed by atoms with Crippen LogP contribution in [0.3, 0.4) is 0 Å².